The quantitative estimate of drug-likeness (QED) is 0.310. The van der Waals surface area contributed by atoms with Gasteiger partial charge in [-0.2, -0.15) is 0 Å². The Morgan fingerprint density at radius 3 is 2.32 bits per heavy atom. The van der Waals surface area contributed by atoms with Crippen LogP contribution in [-0.2, 0) is 22.6 Å². The summed E-state index contributed by atoms with van der Waals surface area (Å²) in [6.07, 6.45) is 0.751. The van der Waals surface area contributed by atoms with Gasteiger partial charge in [-0.3, -0.25) is 15.0 Å². The molecule has 2 amide bonds. The maximum atomic E-state index is 12.1. The Kier molecular flexibility index (Phi) is 8.17. The number of amides is 2. The van der Waals surface area contributed by atoms with E-state index in [9.17, 15) is 9.59 Å². The van der Waals surface area contributed by atoms with E-state index in [0.717, 1.165) is 17.5 Å². The number of hydrogen-bond donors (Lipinski definition) is 5. The van der Waals surface area contributed by atoms with Crippen molar-refractivity contribution < 1.29 is 9.59 Å². The number of rotatable bonds is 10. The second kappa shape index (κ2) is 10.8. The Morgan fingerprint density at radius 2 is 1.68 bits per heavy atom. The lowest BCUT2D eigenvalue weighted by Gasteiger charge is -2.14. The minimum absolute atomic E-state index is 0.0225. The molecule has 6 N–H and O–H groups in total. The summed E-state index contributed by atoms with van der Waals surface area (Å²) in [7, 11) is 0. The van der Waals surface area contributed by atoms with Gasteiger partial charge in [-0.15, -0.1) is 0 Å². The monoisotopic (exact) mass is 381 g/mol. The van der Waals surface area contributed by atoms with Crippen molar-refractivity contribution in [3.8, 4) is 0 Å². The summed E-state index contributed by atoms with van der Waals surface area (Å²) in [5.41, 5.74) is 8.21. The Bertz CT molecular complexity index is 790. The molecule has 0 aromatic heterocycles. The molecule has 0 saturated carbocycles. The summed E-state index contributed by atoms with van der Waals surface area (Å²) in [6, 6.07) is 16.7. The molecule has 7 nitrogen and oxygen atoms in total. The molecule has 0 spiro atoms. The van der Waals surface area contributed by atoms with Crippen LogP contribution in [0.2, 0.25) is 0 Å². The largest absolute Gasteiger partial charge is 0.384 e. The predicted molar refractivity (Wildman–Crippen MR) is 110 cm³/mol. The van der Waals surface area contributed by atoms with Gasteiger partial charge in [-0.05, 0) is 24.5 Å². The van der Waals surface area contributed by atoms with Gasteiger partial charge >= 0.3 is 0 Å². The molecule has 0 aliphatic carbocycles. The van der Waals surface area contributed by atoms with Crippen LogP contribution in [0.1, 0.15) is 23.6 Å². The standard InChI is InChI=1S/C21H27N5O2/c1-15(25-13-17-7-9-18(10-8-17)20(22)23)21(28)26-14-19(27)24-12-11-16-5-3-2-4-6-16/h2-10,15,25H,11-14H2,1H3,(H3,22,23)(H,24,27)(H,26,28). The van der Waals surface area contributed by atoms with Gasteiger partial charge in [0.1, 0.15) is 5.84 Å². The summed E-state index contributed by atoms with van der Waals surface area (Å²) >= 11 is 0. The van der Waals surface area contributed by atoms with E-state index in [0.29, 0.717) is 18.7 Å². The van der Waals surface area contributed by atoms with Crippen molar-refractivity contribution in [2.75, 3.05) is 13.1 Å². The molecule has 0 bridgehead atoms. The fraction of sp³-hybridized carbons (Fsp3) is 0.286. The molecule has 7 heteroatoms. The van der Waals surface area contributed by atoms with Crippen molar-refractivity contribution in [1.29, 1.82) is 5.41 Å². The molecule has 0 aliphatic rings. The van der Waals surface area contributed by atoms with Crippen LogP contribution < -0.4 is 21.7 Å². The van der Waals surface area contributed by atoms with E-state index in [1.165, 1.54) is 0 Å². The minimum Gasteiger partial charge on any atom is -0.384 e. The highest BCUT2D eigenvalue weighted by Crippen LogP contribution is 2.04. The highest BCUT2D eigenvalue weighted by molar-refractivity contribution is 5.94. The second-order valence-electron chi connectivity index (χ2n) is 6.52. The number of benzene rings is 2. The second-order valence-corrected chi connectivity index (χ2v) is 6.52. The summed E-state index contributed by atoms with van der Waals surface area (Å²) in [5, 5.41) is 15.9. The first-order chi connectivity index (χ1) is 13.5. The Balaban J connectivity index is 1.64. The lowest BCUT2D eigenvalue weighted by molar-refractivity contribution is -0.127. The molecule has 0 radical (unpaired) electrons. The average Bonchev–Trinajstić information content (AvgIpc) is 2.71. The zero-order valence-corrected chi connectivity index (χ0v) is 16.0. The van der Waals surface area contributed by atoms with Gasteiger partial charge in [0.2, 0.25) is 11.8 Å². The molecular weight excluding hydrogens is 354 g/mol. The van der Waals surface area contributed by atoms with Crippen molar-refractivity contribution in [3.63, 3.8) is 0 Å². The van der Waals surface area contributed by atoms with Crippen LogP contribution in [0, 0.1) is 5.41 Å². The zero-order chi connectivity index (χ0) is 20.4. The van der Waals surface area contributed by atoms with E-state index in [4.69, 9.17) is 11.1 Å². The average molecular weight is 381 g/mol. The molecule has 1 unspecified atom stereocenters. The van der Waals surface area contributed by atoms with Crippen molar-refractivity contribution in [1.82, 2.24) is 16.0 Å². The first-order valence-corrected chi connectivity index (χ1v) is 9.20. The number of nitrogens with two attached hydrogens (primary N) is 1. The zero-order valence-electron chi connectivity index (χ0n) is 16.0. The normalized spacial score (nSPS) is 11.5. The molecule has 0 heterocycles. The van der Waals surface area contributed by atoms with Crippen LogP contribution in [0.15, 0.2) is 54.6 Å². The van der Waals surface area contributed by atoms with E-state index in [2.05, 4.69) is 16.0 Å². The summed E-state index contributed by atoms with van der Waals surface area (Å²) in [4.78, 5) is 24.0. The van der Waals surface area contributed by atoms with Gasteiger partial charge in [-0.1, -0.05) is 54.6 Å². The summed E-state index contributed by atoms with van der Waals surface area (Å²) in [5.74, 6) is -0.427. The summed E-state index contributed by atoms with van der Waals surface area (Å²) in [6.45, 7) is 2.72. The third kappa shape index (κ3) is 7.20. The number of amidine groups is 1. The van der Waals surface area contributed by atoms with Gasteiger partial charge in [0.15, 0.2) is 0 Å². The molecule has 0 fully saturated rings. The van der Waals surface area contributed by atoms with Crippen molar-refractivity contribution in [3.05, 3.63) is 71.3 Å². The number of hydrogen-bond acceptors (Lipinski definition) is 4. The minimum atomic E-state index is -0.440. The van der Waals surface area contributed by atoms with Crippen LogP contribution in [0.3, 0.4) is 0 Å². The first kappa shape index (κ1) is 21.1. The van der Waals surface area contributed by atoms with E-state index in [-0.39, 0.29) is 24.2 Å². The predicted octanol–water partition coefficient (Wildman–Crippen LogP) is 0.924. The van der Waals surface area contributed by atoms with Crippen LogP contribution >= 0.6 is 0 Å². The van der Waals surface area contributed by atoms with Gasteiger partial charge in [0, 0.05) is 18.7 Å². The highest BCUT2D eigenvalue weighted by Gasteiger charge is 2.13. The lowest BCUT2D eigenvalue weighted by atomic mass is 10.1. The van der Waals surface area contributed by atoms with Crippen LogP contribution in [0.5, 0.6) is 0 Å². The van der Waals surface area contributed by atoms with Crippen LogP contribution in [-0.4, -0.2) is 36.8 Å². The molecular formula is C21H27N5O2. The fourth-order valence-corrected chi connectivity index (χ4v) is 2.54. The number of nitrogens with one attached hydrogen (secondary N) is 4. The molecule has 28 heavy (non-hydrogen) atoms. The van der Waals surface area contributed by atoms with Gasteiger partial charge in [0.05, 0.1) is 12.6 Å². The van der Waals surface area contributed by atoms with E-state index >= 15 is 0 Å². The van der Waals surface area contributed by atoms with Crippen LogP contribution in [0.25, 0.3) is 0 Å². The van der Waals surface area contributed by atoms with Crippen molar-refractivity contribution in [2.45, 2.75) is 25.9 Å². The molecule has 2 aromatic rings. The van der Waals surface area contributed by atoms with Crippen molar-refractivity contribution in [2.24, 2.45) is 5.73 Å². The van der Waals surface area contributed by atoms with Crippen LogP contribution in [0.4, 0.5) is 0 Å². The Morgan fingerprint density at radius 1 is 1.00 bits per heavy atom. The van der Waals surface area contributed by atoms with Gasteiger partial charge in [0.25, 0.3) is 0 Å². The molecule has 2 aromatic carbocycles. The number of carbonyl (C=O) groups is 2. The first-order valence-electron chi connectivity index (χ1n) is 9.20. The molecule has 1 atom stereocenters. The highest BCUT2D eigenvalue weighted by atomic mass is 16.2. The van der Waals surface area contributed by atoms with E-state index in [1.807, 2.05) is 42.5 Å². The van der Waals surface area contributed by atoms with E-state index in [1.54, 1.807) is 19.1 Å². The molecule has 148 valence electrons. The number of nitrogen functional groups attached to an aromatic ring is 1. The molecule has 0 saturated heterocycles. The van der Waals surface area contributed by atoms with Gasteiger partial charge < -0.3 is 21.7 Å². The smallest absolute Gasteiger partial charge is 0.239 e. The molecule has 0 aliphatic heterocycles. The van der Waals surface area contributed by atoms with Gasteiger partial charge in [-0.25, -0.2) is 0 Å². The Labute approximate surface area is 165 Å². The Hall–Kier alpha value is -3.19. The van der Waals surface area contributed by atoms with Crippen molar-refractivity contribution >= 4 is 17.6 Å². The summed E-state index contributed by atoms with van der Waals surface area (Å²) < 4.78 is 0. The lowest BCUT2D eigenvalue weighted by Crippen LogP contribution is -2.45. The third-order valence-corrected chi connectivity index (χ3v) is 4.27. The van der Waals surface area contributed by atoms with E-state index < -0.39 is 6.04 Å². The SMILES string of the molecule is CC(NCc1ccc(C(=N)N)cc1)C(=O)NCC(=O)NCCc1ccccc1. The number of carbonyl (C=O) groups excluding carboxylic acids is 2. The maximum Gasteiger partial charge on any atom is 0.239 e. The topological polar surface area (TPSA) is 120 Å². The fourth-order valence-electron chi connectivity index (χ4n) is 2.54. The third-order valence-electron chi connectivity index (χ3n) is 4.27. The molecule has 2 rings (SSSR count). The maximum absolute atomic E-state index is 12.1.